The smallest absolute Gasteiger partial charge is 0.322 e. The topological polar surface area (TPSA) is 88.5 Å². The van der Waals surface area contributed by atoms with Crippen LogP contribution in [0.3, 0.4) is 0 Å². The molecule has 2 aromatic carbocycles. The second kappa shape index (κ2) is 11.2. The number of aryl methyl sites for hydroxylation is 2. The zero-order chi connectivity index (χ0) is 25.6. The van der Waals surface area contributed by atoms with Gasteiger partial charge in [-0.2, -0.15) is 5.10 Å². The zero-order valence-corrected chi connectivity index (χ0v) is 21.4. The van der Waals surface area contributed by atoms with Crippen molar-refractivity contribution in [1.29, 1.82) is 0 Å². The summed E-state index contributed by atoms with van der Waals surface area (Å²) < 4.78 is 6.88. The summed E-state index contributed by atoms with van der Waals surface area (Å²) in [5, 5.41) is 10.6. The molecule has 8 nitrogen and oxygen atoms in total. The fourth-order valence-electron chi connectivity index (χ4n) is 3.44. The molecule has 35 heavy (non-hydrogen) atoms. The monoisotopic (exact) mass is 477 g/mol. The first-order valence-corrected chi connectivity index (χ1v) is 11.7. The van der Waals surface area contributed by atoms with E-state index in [1.807, 2.05) is 68.4 Å². The van der Waals surface area contributed by atoms with Crippen LogP contribution in [0, 0.1) is 13.8 Å². The minimum absolute atomic E-state index is 0.134. The van der Waals surface area contributed by atoms with Gasteiger partial charge < -0.3 is 20.3 Å². The summed E-state index contributed by atoms with van der Waals surface area (Å²) in [5.74, 6) is 0.227. The number of urea groups is 1. The second-order valence-corrected chi connectivity index (χ2v) is 9.67. The largest absolute Gasteiger partial charge is 0.383 e. The van der Waals surface area contributed by atoms with Gasteiger partial charge in [-0.15, -0.1) is 0 Å². The Kier molecular flexibility index (Phi) is 8.30. The number of aromatic nitrogens is 2. The molecule has 0 saturated heterocycles. The predicted molar refractivity (Wildman–Crippen MR) is 139 cm³/mol. The third-order valence-corrected chi connectivity index (χ3v) is 5.48. The van der Waals surface area contributed by atoms with Gasteiger partial charge in [0.25, 0.3) is 0 Å². The molecule has 3 aromatic rings. The van der Waals surface area contributed by atoms with Gasteiger partial charge in [0.05, 0.1) is 18.0 Å². The molecule has 0 atom stereocenters. The first-order chi connectivity index (χ1) is 16.6. The number of benzene rings is 2. The van der Waals surface area contributed by atoms with E-state index in [0.29, 0.717) is 18.1 Å². The van der Waals surface area contributed by atoms with Crippen LogP contribution in [0.4, 0.5) is 16.3 Å². The molecule has 8 heteroatoms. The summed E-state index contributed by atoms with van der Waals surface area (Å²) in [6.45, 7) is 10.7. The Morgan fingerprint density at radius 3 is 2.34 bits per heavy atom. The van der Waals surface area contributed by atoms with Gasteiger partial charge in [0.2, 0.25) is 5.91 Å². The molecule has 0 saturated carbocycles. The first kappa shape index (κ1) is 26.0. The van der Waals surface area contributed by atoms with Crippen molar-refractivity contribution in [2.24, 2.45) is 0 Å². The van der Waals surface area contributed by atoms with Gasteiger partial charge >= 0.3 is 6.03 Å². The van der Waals surface area contributed by atoms with E-state index >= 15 is 0 Å². The Morgan fingerprint density at radius 2 is 1.71 bits per heavy atom. The summed E-state index contributed by atoms with van der Waals surface area (Å²) in [5.41, 5.74) is 4.35. The van der Waals surface area contributed by atoms with Crippen molar-refractivity contribution >= 4 is 23.4 Å². The number of ether oxygens (including phenoxy) is 1. The molecule has 0 spiro atoms. The van der Waals surface area contributed by atoms with E-state index in [-0.39, 0.29) is 30.4 Å². The second-order valence-electron chi connectivity index (χ2n) is 9.67. The number of hydrogen-bond donors (Lipinski definition) is 2. The minimum Gasteiger partial charge on any atom is -0.383 e. The third-order valence-electron chi connectivity index (χ3n) is 5.48. The molecule has 186 valence electrons. The molecule has 0 unspecified atom stereocenters. The predicted octanol–water partition coefficient (Wildman–Crippen LogP) is 4.91. The quantitative estimate of drug-likeness (QED) is 0.483. The maximum Gasteiger partial charge on any atom is 0.322 e. The highest BCUT2D eigenvalue weighted by atomic mass is 16.5. The molecule has 0 aliphatic rings. The highest BCUT2D eigenvalue weighted by Gasteiger charge is 2.23. The van der Waals surface area contributed by atoms with Crippen LogP contribution < -0.4 is 10.6 Å². The van der Waals surface area contributed by atoms with Gasteiger partial charge in [-0.05, 0) is 43.7 Å². The lowest BCUT2D eigenvalue weighted by Crippen LogP contribution is -2.42. The molecule has 0 fully saturated rings. The lowest BCUT2D eigenvalue weighted by molar-refractivity contribution is -0.116. The zero-order valence-electron chi connectivity index (χ0n) is 21.4. The van der Waals surface area contributed by atoms with E-state index in [2.05, 4.69) is 31.4 Å². The Bertz CT molecular complexity index is 1160. The van der Waals surface area contributed by atoms with Gasteiger partial charge in [0, 0.05) is 30.8 Å². The fraction of sp³-hybridized carbons (Fsp3) is 0.370. The lowest BCUT2D eigenvalue weighted by Gasteiger charge is -2.22. The van der Waals surface area contributed by atoms with Gasteiger partial charge in [-0.25, -0.2) is 9.48 Å². The highest BCUT2D eigenvalue weighted by Crippen LogP contribution is 2.26. The van der Waals surface area contributed by atoms with Crippen LogP contribution in [0.2, 0.25) is 0 Å². The molecule has 0 radical (unpaired) electrons. The summed E-state index contributed by atoms with van der Waals surface area (Å²) in [7, 11) is 1.56. The number of carbonyl (C=O) groups is 2. The average Bonchev–Trinajstić information content (AvgIpc) is 3.22. The molecule has 0 aliphatic carbocycles. The normalized spacial score (nSPS) is 11.3. The van der Waals surface area contributed by atoms with Crippen molar-refractivity contribution in [3.8, 4) is 5.69 Å². The lowest BCUT2D eigenvalue weighted by atomic mass is 9.92. The van der Waals surface area contributed by atoms with Crippen molar-refractivity contribution in [3.05, 3.63) is 71.4 Å². The Labute approximate surface area is 207 Å². The van der Waals surface area contributed by atoms with E-state index in [9.17, 15) is 9.59 Å². The van der Waals surface area contributed by atoms with Crippen LogP contribution in [0.1, 0.15) is 37.6 Å². The van der Waals surface area contributed by atoms with E-state index in [1.54, 1.807) is 11.8 Å². The molecule has 1 heterocycles. The first-order valence-electron chi connectivity index (χ1n) is 11.7. The van der Waals surface area contributed by atoms with Gasteiger partial charge in [0.1, 0.15) is 12.4 Å². The van der Waals surface area contributed by atoms with Crippen LogP contribution in [0.15, 0.2) is 54.6 Å². The van der Waals surface area contributed by atoms with Crippen molar-refractivity contribution in [2.75, 3.05) is 37.4 Å². The SMILES string of the molecule is COCCN(CC(=O)Nc1cc(C(C)(C)C)nn1-c1cccc(C)c1)C(=O)Nc1ccc(C)cc1. The van der Waals surface area contributed by atoms with Crippen molar-refractivity contribution < 1.29 is 14.3 Å². The van der Waals surface area contributed by atoms with Crippen LogP contribution in [0.5, 0.6) is 0 Å². The number of hydrogen-bond acceptors (Lipinski definition) is 4. The number of nitrogens with one attached hydrogen (secondary N) is 2. The molecule has 0 aliphatic heterocycles. The number of rotatable bonds is 8. The van der Waals surface area contributed by atoms with E-state index < -0.39 is 0 Å². The third kappa shape index (κ3) is 7.16. The molecular weight excluding hydrogens is 442 g/mol. The Hall–Kier alpha value is -3.65. The van der Waals surface area contributed by atoms with Gasteiger partial charge in [-0.1, -0.05) is 50.6 Å². The van der Waals surface area contributed by atoms with E-state index in [4.69, 9.17) is 9.84 Å². The molecule has 0 bridgehead atoms. The van der Waals surface area contributed by atoms with Crippen LogP contribution in [0.25, 0.3) is 5.69 Å². The molecule has 3 amide bonds. The number of amides is 3. The van der Waals surface area contributed by atoms with Gasteiger partial charge in [-0.3, -0.25) is 4.79 Å². The number of methoxy groups -OCH3 is 1. The minimum atomic E-state index is -0.372. The van der Waals surface area contributed by atoms with Crippen molar-refractivity contribution in [3.63, 3.8) is 0 Å². The summed E-state index contributed by atoms with van der Waals surface area (Å²) in [6, 6.07) is 16.9. The number of anilines is 2. The Balaban J connectivity index is 1.80. The fourth-order valence-corrected chi connectivity index (χ4v) is 3.44. The van der Waals surface area contributed by atoms with Crippen molar-refractivity contribution in [1.82, 2.24) is 14.7 Å². The standard InChI is InChI=1S/C27H35N5O3/c1-19-10-12-21(13-11-19)28-26(34)31(14-15-35-6)18-25(33)29-24-17-23(27(3,4)5)30-32(24)22-9-7-8-20(2)16-22/h7-13,16-17H,14-15,18H2,1-6H3,(H,28,34)(H,29,33). The Morgan fingerprint density at radius 1 is 1.00 bits per heavy atom. The van der Waals surface area contributed by atoms with Crippen molar-refractivity contribution in [2.45, 2.75) is 40.0 Å². The average molecular weight is 478 g/mol. The molecule has 1 aromatic heterocycles. The van der Waals surface area contributed by atoms with E-state index in [1.165, 1.54) is 4.90 Å². The van der Waals surface area contributed by atoms with Crippen LogP contribution >= 0.6 is 0 Å². The highest BCUT2D eigenvalue weighted by molar-refractivity contribution is 5.96. The maximum atomic E-state index is 13.1. The summed E-state index contributed by atoms with van der Waals surface area (Å²) >= 11 is 0. The van der Waals surface area contributed by atoms with Crippen LogP contribution in [-0.4, -0.2) is 53.4 Å². The van der Waals surface area contributed by atoms with Crippen LogP contribution in [-0.2, 0) is 14.9 Å². The molecular formula is C27H35N5O3. The number of carbonyl (C=O) groups excluding carboxylic acids is 2. The molecule has 2 N–H and O–H groups in total. The maximum absolute atomic E-state index is 13.1. The number of nitrogens with zero attached hydrogens (tertiary/aromatic N) is 3. The van der Waals surface area contributed by atoms with E-state index in [0.717, 1.165) is 22.5 Å². The van der Waals surface area contributed by atoms with Gasteiger partial charge in [0.15, 0.2) is 0 Å². The summed E-state index contributed by atoms with van der Waals surface area (Å²) in [6.07, 6.45) is 0. The summed E-state index contributed by atoms with van der Waals surface area (Å²) in [4.78, 5) is 27.4. The molecule has 3 rings (SSSR count).